The van der Waals surface area contributed by atoms with E-state index in [-0.39, 0.29) is 17.7 Å². The monoisotopic (exact) mass is 1150 g/mol. The third kappa shape index (κ3) is 28.4. The van der Waals surface area contributed by atoms with Crippen molar-refractivity contribution in [3.05, 3.63) is 245 Å². The second-order valence-corrected chi connectivity index (χ2v) is 20.1. The quantitative estimate of drug-likeness (QED) is 0.0207. The molecule has 0 radical (unpaired) electrons. The van der Waals surface area contributed by atoms with Gasteiger partial charge in [-0.1, -0.05) is 169 Å². The van der Waals surface area contributed by atoms with Crippen molar-refractivity contribution in [3.8, 4) is 5.75 Å². The predicted molar refractivity (Wildman–Crippen MR) is 336 cm³/mol. The molecule has 7 rings (SSSR count). The summed E-state index contributed by atoms with van der Waals surface area (Å²) in [7, 11) is 1.63. The van der Waals surface area contributed by atoms with Crippen LogP contribution in [0.25, 0.3) is 6.08 Å². The molecule has 7 aromatic carbocycles. The first kappa shape index (κ1) is 68.1. The van der Waals surface area contributed by atoms with Crippen LogP contribution in [-0.4, -0.2) is 95.3 Å². The summed E-state index contributed by atoms with van der Waals surface area (Å²) in [6.07, 6.45) is 10.3. The van der Waals surface area contributed by atoms with Gasteiger partial charge in [-0.3, -0.25) is 24.0 Å². The largest absolute Gasteiger partial charge is 0.497 e. The van der Waals surface area contributed by atoms with E-state index in [0.29, 0.717) is 56.3 Å². The molecule has 11 N–H and O–H groups in total. The highest BCUT2D eigenvalue weighted by Crippen LogP contribution is 2.16. The molecule has 448 valence electrons. The Labute approximate surface area is 499 Å². The smallest absolute Gasteiger partial charge is 0.326 e. The molecule has 0 aliphatic heterocycles. The second kappa shape index (κ2) is 39.2. The fraction of sp³-hybridized carbons (Fsp3) is 0.275. The standard InChI is InChI=1S/C28H33N3O3.C19H21NO3.C11H15NO2.C11H13NO2/c1-21-8-6-12-23(20-21)27(32)31-26(13-7-11-22-9-4-3-5-10-22)28(33)30-19-18-29-24-14-16-25(34-2)17-15-24;1-14-7-5-11-16(13-14)18(21)20-17(19(22)23)12-6-10-15-8-3-2-4-9-15;2*12-10(11(13)14)8-4-7-9-5-2-1-3-6-9/h3-6,8-10,12,14-17,20,26,29H,7,11,13,18-19H2,1-2H3,(H,30,33)(H,31,32);2-5,7-9,11,13,17H,6,10,12H2,1H3,(H,20,21)(H,22,23);1-3,5-6,10H,4,7-8,12H2,(H,13,14);1-7,10H,8,12H2,(H,13,14)/b;;;7-4+/t26-;17-;2*10-/m0000/s1. The van der Waals surface area contributed by atoms with Crippen LogP contribution in [-0.2, 0) is 38.4 Å². The topological polar surface area (TPSA) is 272 Å². The number of carbonyl (C=O) groups excluding carboxylic acids is 3. The molecular weight excluding hydrogens is 1070 g/mol. The molecule has 3 amide bonds. The zero-order valence-corrected chi connectivity index (χ0v) is 48.8. The molecule has 0 saturated heterocycles. The van der Waals surface area contributed by atoms with Gasteiger partial charge in [-0.05, 0) is 149 Å². The summed E-state index contributed by atoms with van der Waals surface area (Å²) in [5.41, 5.74) is 19.3. The zero-order chi connectivity index (χ0) is 61.6. The van der Waals surface area contributed by atoms with Crippen LogP contribution in [0.2, 0.25) is 0 Å². The molecule has 0 aliphatic carbocycles. The minimum Gasteiger partial charge on any atom is -0.497 e. The number of amides is 3. The normalized spacial score (nSPS) is 11.9. The summed E-state index contributed by atoms with van der Waals surface area (Å²) in [6, 6.07) is 58.8. The maximum absolute atomic E-state index is 12.9. The minimum absolute atomic E-state index is 0.175. The number of benzene rings is 7. The lowest BCUT2D eigenvalue weighted by molar-refractivity contribution is -0.140. The van der Waals surface area contributed by atoms with Gasteiger partial charge in [-0.25, -0.2) is 4.79 Å². The van der Waals surface area contributed by atoms with Gasteiger partial charge < -0.3 is 52.8 Å². The Hall–Kier alpha value is -9.38. The summed E-state index contributed by atoms with van der Waals surface area (Å²) < 4.78 is 5.16. The van der Waals surface area contributed by atoms with E-state index < -0.39 is 42.1 Å². The molecule has 0 fully saturated rings. The Balaban J connectivity index is 0.000000262. The van der Waals surface area contributed by atoms with E-state index in [4.69, 9.17) is 26.4 Å². The van der Waals surface area contributed by atoms with Gasteiger partial charge in [0.15, 0.2) is 0 Å². The molecule has 0 spiro atoms. The van der Waals surface area contributed by atoms with Crippen molar-refractivity contribution in [3.63, 3.8) is 0 Å². The Bertz CT molecular complexity index is 3110. The van der Waals surface area contributed by atoms with Crippen molar-refractivity contribution in [2.75, 3.05) is 25.5 Å². The fourth-order valence-electron chi connectivity index (χ4n) is 8.43. The van der Waals surface area contributed by atoms with Crippen molar-refractivity contribution < 1.29 is 48.8 Å². The number of hydrogen-bond acceptors (Lipinski definition) is 10. The van der Waals surface area contributed by atoms with E-state index in [1.807, 2.05) is 178 Å². The summed E-state index contributed by atoms with van der Waals surface area (Å²) in [5, 5.41) is 38.1. The number of carboxylic acids is 3. The van der Waals surface area contributed by atoms with Crippen molar-refractivity contribution >= 4 is 47.4 Å². The molecule has 16 heteroatoms. The van der Waals surface area contributed by atoms with Crippen LogP contribution >= 0.6 is 0 Å². The number of nitrogens with one attached hydrogen (secondary N) is 4. The molecule has 0 saturated carbocycles. The van der Waals surface area contributed by atoms with Crippen LogP contribution in [0.15, 0.2) is 200 Å². The SMILES string of the molecule is COc1ccc(NCCNC(=O)[C@H](CCCc2ccccc2)NC(=O)c2cccc(C)c2)cc1.Cc1cccc(C(=O)N[C@@H](CCCc2ccccc2)C(=O)O)c1.N[C@@H](C/C=C/c1ccccc1)C(=O)O.N[C@@H](CCCc1ccccc1)C(=O)O. The van der Waals surface area contributed by atoms with E-state index in [1.165, 1.54) is 16.7 Å². The lowest BCUT2D eigenvalue weighted by atomic mass is 10.0. The van der Waals surface area contributed by atoms with Crippen molar-refractivity contribution in [1.82, 2.24) is 16.0 Å². The number of aryl methyl sites for hydroxylation is 5. The number of nitrogens with two attached hydrogens (primary N) is 2. The Kier molecular flexibility index (Phi) is 31.4. The molecule has 16 nitrogen and oxygen atoms in total. The highest BCUT2D eigenvalue weighted by Gasteiger charge is 2.22. The van der Waals surface area contributed by atoms with Gasteiger partial charge in [0.05, 0.1) is 7.11 Å². The van der Waals surface area contributed by atoms with E-state index in [1.54, 1.807) is 37.5 Å². The number of aliphatic carboxylic acids is 3. The molecule has 0 aliphatic rings. The summed E-state index contributed by atoms with van der Waals surface area (Å²) in [4.78, 5) is 70.1. The number of hydrogen-bond donors (Lipinski definition) is 9. The highest BCUT2D eigenvalue weighted by atomic mass is 16.5. The Morgan fingerprint density at radius 2 is 0.929 bits per heavy atom. The molecule has 0 heterocycles. The summed E-state index contributed by atoms with van der Waals surface area (Å²) in [5.74, 6) is -2.85. The first-order valence-electron chi connectivity index (χ1n) is 28.4. The maximum Gasteiger partial charge on any atom is 0.326 e. The van der Waals surface area contributed by atoms with Crippen molar-refractivity contribution in [1.29, 1.82) is 0 Å². The lowest BCUT2D eigenvalue weighted by Gasteiger charge is -2.19. The van der Waals surface area contributed by atoms with E-state index in [2.05, 4.69) is 33.4 Å². The third-order valence-corrected chi connectivity index (χ3v) is 13.2. The maximum atomic E-state index is 12.9. The zero-order valence-electron chi connectivity index (χ0n) is 48.8. The Morgan fingerprint density at radius 1 is 0.494 bits per heavy atom. The molecule has 4 atom stereocenters. The summed E-state index contributed by atoms with van der Waals surface area (Å²) in [6.45, 7) is 4.85. The van der Waals surface area contributed by atoms with Crippen LogP contribution in [0.1, 0.15) is 99.0 Å². The minimum atomic E-state index is -1.00. The first-order chi connectivity index (χ1) is 41.0. The van der Waals surface area contributed by atoms with E-state index in [9.17, 15) is 33.9 Å². The predicted octanol–water partition coefficient (Wildman–Crippen LogP) is 10.5. The third-order valence-electron chi connectivity index (χ3n) is 13.2. The van der Waals surface area contributed by atoms with Gasteiger partial charge in [0.2, 0.25) is 5.91 Å². The van der Waals surface area contributed by atoms with Gasteiger partial charge in [0.1, 0.15) is 29.9 Å². The molecule has 0 aromatic heterocycles. The molecule has 7 aromatic rings. The highest BCUT2D eigenvalue weighted by molar-refractivity contribution is 5.98. The average molecular weight is 1160 g/mol. The van der Waals surface area contributed by atoms with Crippen LogP contribution in [0.4, 0.5) is 5.69 Å². The van der Waals surface area contributed by atoms with Gasteiger partial charge >= 0.3 is 17.9 Å². The van der Waals surface area contributed by atoms with Crippen LogP contribution in [0.3, 0.4) is 0 Å². The number of methoxy groups -OCH3 is 1. The fourth-order valence-corrected chi connectivity index (χ4v) is 8.43. The van der Waals surface area contributed by atoms with E-state index in [0.717, 1.165) is 60.2 Å². The molecular formula is C69H82N6O10. The molecule has 0 unspecified atom stereocenters. The number of rotatable bonds is 28. The van der Waals surface area contributed by atoms with Gasteiger partial charge in [0, 0.05) is 29.9 Å². The van der Waals surface area contributed by atoms with Crippen molar-refractivity contribution in [2.45, 2.75) is 102 Å². The van der Waals surface area contributed by atoms with Crippen molar-refractivity contribution in [2.24, 2.45) is 11.5 Å². The van der Waals surface area contributed by atoms with Gasteiger partial charge in [-0.2, -0.15) is 0 Å². The number of anilines is 1. The van der Waals surface area contributed by atoms with E-state index >= 15 is 0 Å². The molecule has 0 bridgehead atoms. The summed E-state index contributed by atoms with van der Waals surface area (Å²) >= 11 is 0. The molecule has 85 heavy (non-hydrogen) atoms. The lowest BCUT2D eigenvalue weighted by Crippen LogP contribution is -2.47. The van der Waals surface area contributed by atoms with Crippen LogP contribution in [0.5, 0.6) is 5.75 Å². The Morgan fingerprint density at radius 3 is 1.36 bits per heavy atom. The first-order valence-corrected chi connectivity index (χ1v) is 28.4. The number of carboxylic acid groups (broad SMARTS) is 3. The number of ether oxygens (including phenoxy) is 1. The van der Waals surface area contributed by atoms with Crippen LogP contribution < -0.4 is 37.5 Å². The van der Waals surface area contributed by atoms with Gasteiger partial charge in [-0.15, -0.1) is 0 Å². The average Bonchev–Trinajstić information content (AvgIpc) is 3.64. The van der Waals surface area contributed by atoms with Gasteiger partial charge in [0.25, 0.3) is 11.8 Å². The second-order valence-electron chi connectivity index (χ2n) is 20.1. The number of carbonyl (C=O) groups is 6. The van der Waals surface area contributed by atoms with Crippen LogP contribution in [0, 0.1) is 13.8 Å².